The van der Waals surface area contributed by atoms with E-state index in [0.29, 0.717) is 0 Å². The predicted molar refractivity (Wildman–Crippen MR) is 77.3 cm³/mol. The Hall–Kier alpha value is -2.68. The molecule has 0 spiro atoms. The van der Waals surface area contributed by atoms with E-state index < -0.39 is 88.9 Å². The summed E-state index contributed by atoms with van der Waals surface area (Å²) in [4.78, 5) is 9.94. The number of alkyl halides is 25. The number of allylic oxidation sites excluding steroid dienone is 1. The van der Waals surface area contributed by atoms with E-state index in [2.05, 4.69) is 0 Å². The van der Waals surface area contributed by atoms with Gasteiger partial charge < -0.3 is 5.11 Å². The average molecular weight is 726 g/mol. The van der Waals surface area contributed by atoms with Crippen LogP contribution in [0.3, 0.4) is 0 Å². The normalized spacial score (nSPS) is 17.1. The van der Waals surface area contributed by atoms with Crippen LogP contribution in [0.1, 0.15) is 0 Å². The standard InChI is InChI=1S/C15HF27O2/c16-1(3(43)44)2(17)4(18,19)5(20,21)6(22,23)7(24,25)8(26,27)9(28,29)10(30,31)11(32,33)12(34,35)13(36,37)14(38,39)15(40,41)42/h(H,43,44)/b2-1+. The summed E-state index contributed by atoms with van der Waals surface area (Å²) < 4.78 is 356. The third kappa shape index (κ3) is 4.74. The van der Waals surface area contributed by atoms with Gasteiger partial charge in [-0.15, -0.1) is 0 Å². The number of carboxylic acid groups (broad SMARTS) is 1. The molecule has 0 rings (SSSR count). The van der Waals surface area contributed by atoms with E-state index in [0.717, 1.165) is 0 Å². The van der Waals surface area contributed by atoms with Gasteiger partial charge in [0.2, 0.25) is 11.7 Å². The quantitative estimate of drug-likeness (QED) is 0.161. The Balaban J connectivity index is 7.51. The monoisotopic (exact) mass is 726 g/mol. The van der Waals surface area contributed by atoms with Crippen LogP contribution in [0.15, 0.2) is 11.7 Å². The van der Waals surface area contributed by atoms with Crippen molar-refractivity contribution in [3.63, 3.8) is 0 Å². The fourth-order valence-electron chi connectivity index (χ4n) is 2.32. The van der Waals surface area contributed by atoms with E-state index in [1.807, 2.05) is 0 Å². The van der Waals surface area contributed by atoms with Gasteiger partial charge in [0.05, 0.1) is 0 Å². The van der Waals surface area contributed by atoms with Crippen LogP contribution in [0.5, 0.6) is 0 Å². The third-order valence-electron chi connectivity index (χ3n) is 4.96. The minimum atomic E-state index is -9.82. The summed E-state index contributed by atoms with van der Waals surface area (Å²) in [6.07, 6.45) is -8.26. The number of carboxylic acids is 1. The van der Waals surface area contributed by atoms with Crippen LogP contribution < -0.4 is 0 Å². The number of hydrogen-bond acceptors (Lipinski definition) is 1. The van der Waals surface area contributed by atoms with Crippen LogP contribution in [-0.2, 0) is 4.79 Å². The zero-order valence-electron chi connectivity index (χ0n) is 18.6. The van der Waals surface area contributed by atoms with Crippen molar-refractivity contribution in [1.29, 1.82) is 0 Å². The Kier molecular flexibility index (Phi) is 9.54. The molecule has 262 valence electrons. The molecule has 1 N–H and O–H groups in total. The summed E-state index contributed by atoms with van der Waals surface area (Å²) in [6, 6.07) is 0. The molecule has 0 bridgehead atoms. The molecule has 0 aromatic rings. The van der Waals surface area contributed by atoms with Gasteiger partial charge in [0.1, 0.15) is 0 Å². The third-order valence-corrected chi connectivity index (χ3v) is 4.96. The van der Waals surface area contributed by atoms with E-state index in [4.69, 9.17) is 5.11 Å². The largest absolute Gasteiger partial charge is 0.476 e. The van der Waals surface area contributed by atoms with Gasteiger partial charge in [0.25, 0.3) is 0 Å². The van der Waals surface area contributed by atoms with Crippen LogP contribution in [0.25, 0.3) is 0 Å². The second-order valence-corrected chi connectivity index (χ2v) is 7.75. The number of hydrogen-bond donors (Lipinski definition) is 1. The topological polar surface area (TPSA) is 37.3 Å². The molecule has 2 nitrogen and oxygen atoms in total. The summed E-state index contributed by atoms with van der Waals surface area (Å²) in [6.45, 7) is 0. The van der Waals surface area contributed by atoms with Crippen molar-refractivity contribution < 1.29 is 128 Å². The predicted octanol–water partition coefficient (Wildman–Crippen LogP) is 8.77. The molecule has 0 radical (unpaired) electrons. The highest BCUT2D eigenvalue weighted by molar-refractivity contribution is 5.84. The highest BCUT2D eigenvalue weighted by Gasteiger charge is 2.99. The molecule has 0 unspecified atom stereocenters. The fraction of sp³-hybridized carbons (Fsp3) is 0.800. The van der Waals surface area contributed by atoms with Gasteiger partial charge in [-0.3, -0.25) is 0 Å². The molecule has 0 aromatic carbocycles. The lowest BCUT2D eigenvalue weighted by atomic mass is 9.84. The summed E-state index contributed by atoms with van der Waals surface area (Å²) in [7, 11) is 0. The average Bonchev–Trinajstić information content (AvgIpc) is 2.80. The molecule has 0 heterocycles. The van der Waals surface area contributed by atoms with E-state index in [1.54, 1.807) is 0 Å². The minimum Gasteiger partial charge on any atom is -0.476 e. The van der Waals surface area contributed by atoms with Crippen molar-refractivity contribution in [2.75, 3.05) is 0 Å². The molecule has 0 aliphatic heterocycles. The van der Waals surface area contributed by atoms with Crippen LogP contribution >= 0.6 is 0 Å². The second kappa shape index (κ2) is 10.2. The molecule has 0 aromatic heterocycles. The summed E-state index contributed by atoms with van der Waals surface area (Å²) in [5.74, 6) is -116. The Morgan fingerprint density at radius 3 is 0.705 bits per heavy atom. The number of carbonyl (C=O) groups is 1. The van der Waals surface area contributed by atoms with Crippen molar-refractivity contribution in [1.82, 2.24) is 0 Å². The van der Waals surface area contributed by atoms with Crippen molar-refractivity contribution in [3.8, 4) is 0 Å². The summed E-state index contributed by atoms with van der Waals surface area (Å²) in [5.41, 5.74) is 0. The lowest BCUT2D eigenvalue weighted by Crippen LogP contribution is -2.78. The molecule has 29 heteroatoms. The first-order chi connectivity index (χ1) is 18.5. The molecule has 0 amide bonds. The SMILES string of the molecule is O=C(O)/C(F)=C(\F)C(F)(F)C(F)(F)C(F)(F)C(F)(F)C(F)(F)C(F)(F)C(F)(F)C(F)(F)C(F)(F)C(F)(F)C(F)(F)C(F)(F)F. The lowest BCUT2D eigenvalue weighted by Gasteiger charge is -2.45. The highest BCUT2D eigenvalue weighted by atomic mass is 19.4. The first kappa shape index (κ1) is 41.3. The van der Waals surface area contributed by atoms with Crippen LogP contribution in [0, 0.1) is 0 Å². The Morgan fingerprint density at radius 1 is 0.341 bits per heavy atom. The molecule has 0 aliphatic carbocycles. The van der Waals surface area contributed by atoms with Gasteiger partial charge in [0.15, 0.2) is 0 Å². The molecule has 0 aliphatic rings. The number of rotatable bonds is 12. The van der Waals surface area contributed by atoms with E-state index >= 15 is 0 Å². The first-order valence-corrected chi connectivity index (χ1v) is 9.03. The molecule has 0 atom stereocenters. The molecular formula is C15HF27O2. The van der Waals surface area contributed by atoms with Gasteiger partial charge in [-0.1, -0.05) is 0 Å². The highest BCUT2D eigenvalue weighted by Crippen LogP contribution is 2.68. The molecule has 44 heavy (non-hydrogen) atoms. The first-order valence-electron chi connectivity index (χ1n) is 9.03. The van der Waals surface area contributed by atoms with Crippen molar-refractivity contribution in [3.05, 3.63) is 11.7 Å². The zero-order chi connectivity index (χ0) is 36.7. The summed E-state index contributed by atoms with van der Waals surface area (Å²) in [5, 5.41) is 7.78. The molecular weight excluding hydrogens is 725 g/mol. The Labute approximate surface area is 219 Å². The van der Waals surface area contributed by atoms with Crippen LogP contribution in [0.4, 0.5) is 119 Å². The second-order valence-electron chi connectivity index (χ2n) is 7.75. The van der Waals surface area contributed by atoms with Crippen LogP contribution in [0.2, 0.25) is 0 Å². The van der Waals surface area contributed by atoms with Gasteiger partial charge in [-0.2, -0.15) is 114 Å². The van der Waals surface area contributed by atoms with Crippen LogP contribution in [-0.4, -0.2) is 82.4 Å². The van der Waals surface area contributed by atoms with Gasteiger partial charge >= 0.3 is 77.3 Å². The zero-order valence-corrected chi connectivity index (χ0v) is 18.6. The number of halogens is 27. The van der Waals surface area contributed by atoms with E-state index in [9.17, 15) is 123 Å². The smallest absolute Gasteiger partial charge is 0.460 e. The lowest BCUT2D eigenvalue weighted by molar-refractivity contribution is -0.481. The maximum absolute atomic E-state index is 13.6. The van der Waals surface area contributed by atoms with Crippen molar-refractivity contribution in [2.45, 2.75) is 71.3 Å². The molecule has 0 fully saturated rings. The molecule has 0 saturated heterocycles. The fourth-order valence-corrected chi connectivity index (χ4v) is 2.32. The number of aliphatic carboxylic acids is 1. The molecule has 0 saturated carbocycles. The maximum Gasteiger partial charge on any atom is 0.460 e. The Morgan fingerprint density at radius 2 is 0.523 bits per heavy atom. The van der Waals surface area contributed by atoms with Crippen molar-refractivity contribution in [2.24, 2.45) is 0 Å². The maximum atomic E-state index is 13.6. The van der Waals surface area contributed by atoms with Gasteiger partial charge in [-0.25, -0.2) is 9.18 Å². The van der Waals surface area contributed by atoms with Crippen molar-refractivity contribution >= 4 is 5.97 Å². The summed E-state index contributed by atoms with van der Waals surface area (Å²) >= 11 is 0. The van der Waals surface area contributed by atoms with Gasteiger partial charge in [0, 0.05) is 0 Å². The van der Waals surface area contributed by atoms with E-state index in [1.165, 1.54) is 0 Å². The minimum absolute atomic E-state index is 3.82. The van der Waals surface area contributed by atoms with Gasteiger partial charge in [-0.05, 0) is 0 Å². The Bertz CT molecular complexity index is 1140. The van der Waals surface area contributed by atoms with E-state index in [-0.39, 0.29) is 0 Å².